The molecule has 0 aliphatic heterocycles. The fraction of sp³-hybridized carbons (Fsp3) is 0.700. The van der Waals surface area contributed by atoms with Crippen LogP contribution in [0.4, 0.5) is 10.8 Å². The predicted molar refractivity (Wildman–Crippen MR) is 79.0 cm³/mol. The number of hydrogen-bond acceptors (Lipinski definition) is 6. The van der Waals surface area contributed by atoms with Crippen molar-refractivity contribution in [1.82, 2.24) is 4.37 Å². The standard InChI is InChI=1S/C10H19N3S3/c1-14-7-5-3-4-6-12-10-8(15-2)9(11)13-16-10/h12H,3-7H2,1-2H3,(H2,11,13). The average molecular weight is 277 g/mol. The van der Waals surface area contributed by atoms with E-state index >= 15 is 0 Å². The number of aromatic nitrogens is 1. The lowest BCUT2D eigenvalue weighted by Crippen LogP contribution is -2.01. The van der Waals surface area contributed by atoms with Crippen LogP contribution in [-0.2, 0) is 0 Å². The van der Waals surface area contributed by atoms with Crippen LogP contribution in [0.2, 0.25) is 0 Å². The highest BCUT2D eigenvalue weighted by molar-refractivity contribution is 7.99. The molecule has 0 bridgehead atoms. The molecule has 1 aromatic rings. The number of rotatable bonds is 8. The molecule has 0 amide bonds. The first kappa shape index (κ1) is 14.0. The normalized spacial score (nSPS) is 10.6. The second kappa shape index (κ2) is 8.08. The molecule has 0 aromatic carbocycles. The van der Waals surface area contributed by atoms with Crippen LogP contribution in [0.1, 0.15) is 19.3 Å². The van der Waals surface area contributed by atoms with Gasteiger partial charge < -0.3 is 11.1 Å². The molecule has 0 saturated heterocycles. The van der Waals surface area contributed by atoms with E-state index in [4.69, 9.17) is 5.73 Å². The minimum atomic E-state index is 0.655. The molecular weight excluding hydrogens is 258 g/mol. The minimum absolute atomic E-state index is 0.655. The fourth-order valence-electron chi connectivity index (χ4n) is 1.35. The number of nitrogens with zero attached hydrogens (tertiary/aromatic N) is 1. The molecule has 0 spiro atoms. The maximum atomic E-state index is 5.76. The Balaban J connectivity index is 2.21. The van der Waals surface area contributed by atoms with Gasteiger partial charge in [-0.25, -0.2) is 0 Å². The van der Waals surface area contributed by atoms with Gasteiger partial charge in [0.1, 0.15) is 5.00 Å². The van der Waals surface area contributed by atoms with E-state index in [1.807, 2.05) is 18.0 Å². The van der Waals surface area contributed by atoms with Gasteiger partial charge in [-0.3, -0.25) is 0 Å². The average Bonchev–Trinajstić information content (AvgIpc) is 2.64. The smallest absolute Gasteiger partial charge is 0.153 e. The summed E-state index contributed by atoms with van der Waals surface area (Å²) in [7, 11) is 0. The Hall–Kier alpha value is -0.0700. The van der Waals surface area contributed by atoms with E-state index in [1.165, 1.54) is 36.5 Å². The first-order valence-electron chi connectivity index (χ1n) is 5.31. The molecule has 0 saturated carbocycles. The van der Waals surface area contributed by atoms with Crippen molar-refractivity contribution in [2.45, 2.75) is 24.2 Å². The van der Waals surface area contributed by atoms with Gasteiger partial charge in [0.2, 0.25) is 0 Å². The van der Waals surface area contributed by atoms with E-state index in [0.29, 0.717) is 5.82 Å². The lowest BCUT2D eigenvalue weighted by atomic mass is 10.2. The minimum Gasteiger partial charge on any atom is -0.382 e. The van der Waals surface area contributed by atoms with Crippen LogP contribution in [0.15, 0.2) is 4.90 Å². The summed E-state index contributed by atoms with van der Waals surface area (Å²) < 4.78 is 4.15. The van der Waals surface area contributed by atoms with E-state index < -0.39 is 0 Å². The Bertz CT molecular complexity index is 301. The molecule has 0 atom stereocenters. The second-order valence-electron chi connectivity index (χ2n) is 3.41. The number of nitrogens with one attached hydrogen (secondary N) is 1. The summed E-state index contributed by atoms with van der Waals surface area (Å²) in [6, 6.07) is 0. The van der Waals surface area contributed by atoms with Crippen LogP contribution >= 0.6 is 35.1 Å². The number of nitrogen functional groups attached to an aromatic ring is 1. The van der Waals surface area contributed by atoms with Gasteiger partial charge in [-0.05, 0) is 42.6 Å². The van der Waals surface area contributed by atoms with Crippen LogP contribution in [0, 0.1) is 0 Å². The summed E-state index contributed by atoms with van der Waals surface area (Å²) >= 11 is 5.03. The molecule has 6 heteroatoms. The molecule has 1 aromatic heterocycles. The predicted octanol–water partition coefficient (Wildman–Crippen LogP) is 3.39. The first-order chi connectivity index (χ1) is 7.79. The lowest BCUT2D eigenvalue weighted by molar-refractivity contribution is 0.750. The third-order valence-electron chi connectivity index (χ3n) is 2.19. The van der Waals surface area contributed by atoms with E-state index in [2.05, 4.69) is 15.9 Å². The van der Waals surface area contributed by atoms with Crippen LogP contribution in [0.3, 0.4) is 0 Å². The van der Waals surface area contributed by atoms with Gasteiger partial charge in [0.25, 0.3) is 0 Å². The van der Waals surface area contributed by atoms with E-state index in [1.54, 1.807) is 11.8 Å². The van der Waals surface area contributed by atoms with Gasteiger partial charge in [-0.2, -0.15) is 16.1 Å². The van der Waals surface area contributed by atoms with Crippen molar-refractivity contribution in [1.29, 1.82) is 0 Å². The molecule has 0 aliphatic rings. The highest BCUT2D eigenvalue weighted by Gasteiger charge is 2.08. The summed E-state index contributed by atoms with van der Waals surface area (Å²) in [6.07, 6.45) is 8.00. The monoisotopic (exact) mass is 277 g/mol. The molecule has 16 heavy (non-hydrogen) atoms. The van der Waals surface area contributed by atoms with Gasteiger partial charge >= 0.3 is 0 Å². The summed E-state index contributed by atoms with van der Waals surface area (Å²) in [5.74, 6) is 1.92. The Morgan fingerprint density at radius 2 is 2.12 bits per heavy atom. The molecule has 0 aliphatic carbocycles. The van der Waals surface area contributed by atoms with Crippen molar-refractivity contribution in [2.75, 3.05) is 35.9 Å². The zero-order chi connectivity index (χ0) is 11.8. The van der Waals surface area contributed by atoms with Gasteiger partial charge in [-0.15, -0.1) is 11.8 Å². The van der Waals surface area contributed by atoms with Gasteiger partial charge in [0, 0.05) is 6.54 Å². The number of unbranched alkanes of at least 4 members (excludes halogenated alkanes) is 2. The molecule has 3 nitrogen and oxygen atoms in total. The number of nitrogens with two attached hydrogens (primary N) is 1. The molecule has 1 rings (SSSR count). The topological polar surface area (TPSA) is 50.9 Å². The zero-order valence-corrected chi connectivity index (χ0v) is 12.2. The number of hydrogen-bond donors (Lipinski definition) is 2. The third kappa shape index (κ3) is 4.43. The van der Waals surface area contributed by atoms with E-state index in [0.717, 1.165) is 16.4 Å². The Labute approximate surface area is 110 Å². The first-order valence-corrected chi connectivity index (χ1v) is 8.70. The van der Waals surface area contributed by atoms with Crippen molar-refractivity contribution in [3.8, 4) is 0 Å². The van der Waals surface area contributed by atoms with Crippen LogP contribution in [0.5, 0.6) is 0 Å². The van der Waals surface area contributed by atoms with E-state index in [9.17, 15) is 0 Å². The van der Waals surface area contributed by atoms with Crippen molar-refractivity contribution in [3.05, 3.63) is 0 Å². The van der Waals surface area contributed by atoms with Gasteiger partial charge in [0.15, 0.2) is 5.82 Å². The fourth-order valence-corrected chi connectivity index (χ4v) is 3.41. The third-order valence-corrected chi connectivity index (χ3v) is 4.66. The second-order valence-corrected chi connectivity index (χ2v) is 5.99. The Morgan fingerprint density at radius 1 is 1.31 bits per heavy atom. The van der Waals surface area contributed by atoms with Crippen LogP contribution < -0.4 is 11.1 Å². The highest BCUT2D eigenvalue weighted by atomic mass is 32.2. The van der Waals surface area contributed by atoms with Crippen molar-refractivity contribution in [2.24, 2.45) is 0 Å². The quantitative estimate of drug-likeness (QED) is 0.563. The number of thioether (sulfide) groups is 2. The summed E-state index contributed by atoms with van der Waals surface area (Å²) in [6.45, 7) is 1.02. The maximum Gasteiger partial charge on any atom is 0.153 e. The molecule has 3 N–H and O–H groups in total. The lowest BCUT2D eigenvalue weighted by Gasteiger charge is -2.04. The molecule has 0 radical (unpaired) electrons. The summed E-state index contributed by atoms with van der Waals surface area (Å²) in [5, 5.41) is 4.53. The Kier molecular flexibility index (Phi) is 7.07. The van der Waals surface area contributed by atoms with Gasteiger partial charge in [0.05, 0.1) is 4.90 Å². The summed E-state index contributed by atoms with van der Waals surface area (Å²) in [5.41, 5.74) is 5.76. The Morgan fingerprint density at radius 3 is 2.81 bits per heavy atom. The largest absolute Gasteiger partial charge is 0.382 e. The van der Waals surface area contributed by atoms with Gasteiger partial charge in [-0.1, -0.05) is 6.42 Å². The highest BCUT2D eigenvalue weighted by Crippen LogP contribution is 2.34. The molecule has 92 valence electrons. The molecule has 1 heterocycles. The summed E-state index contributed by atoms with van der Waals surface area (Å²) in [4.78, 5) is 1.09. The molecule has 0 unspecified atom stereocenters. The maximum absolute atomic E-state index is 5.76. The van der Waals surface area contributed by atoms with Crippen molar-refractivity contribution < 1.29 is 0 Å². The van der Waals surface area contributed by atoms with E-state index in [-0.39, 0.29) is 0 Å². The zero-order valence-electron chi connectivity index (χ0n) is 9.78. The van der Waals surface area contributed by atoms with Crippen LogP contribution in [0.25, 0.3) is 0 Å². The SMILES string of the molecule is CSCCCCCNc1snc(N)c1SC. The van der Waals surface area contributed by atoms with Crippen LogP contribution in [-0.4, -0.2) is 29.2 Å². The molecular formula is C10H19N3S3. The van der Waals surface area contributed by atoms with Crippen molar-refractivity contribution in [3.63, 3.8) is 0 Å². The molecule has 0 fully saturated rings. The van der Waals surface area contributed by atoms with Crippen molar-refractivity contribution >= 4 is 45.9 Å². The number of anilines is 2.